The zero-order valence-corrected chi connectivity index (χ0v) is 15.4. The number of hydrogen-bond donors (Lipinski definition) is 1. The summed E-state index contributed by atoms with van der Waals surface area (Å²) >= 11 is 0. The molecular formula is C20H19FN2O6. The predicted molar refractivity (Wildman–Crippen MR) is 96.5 cm³/mol. The second-order valence-corrected chi connectivity index (χ2v) is 7.06. The number of furan rings is 1. The van der Waals surface area contributed by atoms with Gasteiger partial charge in [-0.05, 0) is 36.4 Å². The number of rotatable bonds is 3. The summed E-state index contributed by atoms with van der Waals surface area (Å²) in [7, 11) is 0. The van der Waals surface area contributed by atoms with Crippen LogP contribution in [0.3, 0.4) is 0 Å². The highest BCUT2D eigenvalue weighted by Crippen LogP contribution is 2.38. The highest BCUT2D eigenvalue weighted by Gasteiger charge is 2.54. The van der Waals surface area contributed by atoms with Gasteiger partial charge >= 0.3 is 5.97 Å². The van der Waals surface area contributed by atoms with Gasteiger partial charge in [-0.25, -0.2) is 9.18 Å². The Hall–Kier alpha value is -3.20. The number of nitrogens with zero attached hydrogens (tertiary/aromatic N) is 2. The van der Waals surface area contributed by atoms with E-state index in [0.29, 0.717) is 0 Å². The van der Waals surface area contributed by atoms with Gasteiger partial charge in [0, 0.05) is 31.5 Å². The standard InChI is InChI=1S/C20H19FN2O6/c21-14-5-3-13(4-6-14)17(24)23-15(19(26)27)12-29-20(23)7-9-22(10-8-20)18(25)16-2-1-11-28-16/h1-6,11,15H,7-10,12H2,(H,26,27). The molecule has 4 rings (SSSR count). The van der Waals surface area contributed by atoms with Crippen LogP contribution < -0.4 is 0 Å². The van der Waals surface area contributed by atoms with Crippen LogP contribution in [0.15, 0.2) is 47.1 Å². The summed E-state index contributed by atoms with van der Waals surface area (Å²) in [6.45, 7) is 0.409. The zero-order valence-electron chi connectivity index (χ0n) is 15.4. The fourth-order valence-corrected chi connectivity index (χ4v) is 3.90. The van der Waals surface area contributed by atoms with E-state index in [2.05, 4.69) is 0 Å². The first-order valence-corrected chi connectivity index (χ1v) is 9.20. The summed E-state index contributed by atoms with van der Waals surface area (Å²) in [5, 5.41) is 9.59. The Morgan fingerprint density at radius 2 is 1.76 bits per heavy atom. The molecule has 2 aliphatic rings. The van der Waals surface area contributed by atoms with Gasteiger partial charge in [-0.3, -0.25) is 14.5 Å². The van der Waals surface area contributed by atoms with Gasteiger partial charge in [0.15, 0.2) is 11.8 Å². The lowest BCUT2D eigenvalue weighted by Gasteiger charge is -2.44. The molecule has 2 amide bonds. The van der Waals surface area contributed by atoms with Crippen LogP contribution in [0.4, 0.5) is 4.39 Å². The lowest BCUT2D eigenvalue weighted by atomic mass is 9.96. The minimum absolute atomic E-state index is 0.144. The second kappa shape index (κ2) is 7.32. The number of piperidine rings is 1. The number of amides is 2. The molecule has 1 aromatic carbocycles. The fourth-order valence-electron chi connectivity index (χ4n) is 3.90. The summed E-state index contributed by atoms with van der Waals surface area (Å²) in [4.78, 5) is 40.2. The number of halogens is 1. The van der Waals surface area contributed by atoms with Gasteiger partial charge in [-0.1, -0.05) is 0 Å². The first-order valence-electron chi connectivity index (χ1n) is 9.20. The highest BCUT2D eigenvalue weighted by atomic mass is 19.1. The Morgan fingerprint density at radius 3 is 2.34 bits per heavy atom. The molecule has 1 aromatic heterocycles. The molecule has 2 fully saturated rings. The maximum Gasteiger partial charge on any atom is 0.328 e. The molecule has 0 aliphatic carbocycles. The van der Waals surface area contributed by atoms with E-state index >= 15 is 0 Å². The normalized spacial score (nSPS) is 20.8. The number of ether oxygens (including phenoxy) is 1. The molecule has 2 aromatic rings. The molecular weight excluding hydrogens is 383 g/mol. The van der Waals surface area contributed by atoms with Crippen LogP contribution >= 0.6 is 0 Å². The molecule has 2 aliphatic heterocycles. The molecule has 9 heteroatoms. The average Bonchev–Trinajstić information content (AvgIpc) is 3.37. The largest absolute Gasteiger partial charge is 0.480 e. The minimum atomic E-state index is -1.17. The number of likely N-dealkylation sites (tertiary alicyclic amines) is 1. The molecule has 29 heavy (non-hydrogen) atoms. The lowest BCUT2D eigenvalue weighted by Crippen LogP contribution is -2.58. The first-order chi connectivity index (χ1) is 13.9. The average molecular weight is 402 g/mol. The quantitative estimate of drug-likeness (QED) is 0.843. The summed E-state index contributed by atoms with van der Waals surface area (Å²) < 4.78 is 24.2. The molecule has 1 atom stereocenters. The van der Waals surface area contributed by atoms with Crippen molar-refractivity contribution in [3.63, 3.8) is 0 Å². The van der Waals surface area contributed by atoms with Gasteiger partial charge in [-0.15, -0.1) is 0 Å². The van der Waals surface area contributed by atoms with Gasteiger partial charge in [0.05, 0.1) is 12.9 Å². The van der Waals surface area contributed by atoms with Crippen molar-refractivity contribution in [1.29, 1.82) is 0 Å². The van der Waals surface area contributed by atoms with E-state index in [4.69, 9.17) is 9.15 Å². The van der Waals surface area contributed by atoms with E-state index in [1.165, 1.54) is 23.3 Å². The van der Waals surface area contributed by atoms with Crippen LogP contribution in [-0.4, -0.2) is 64.2 Å². The van der Waals surface area contributed by atoms with E-state index in [1.54, 1.807) is 17.0 Å². The number of carbonyl (C=O) groups excluding carboxylic acids is 2. The highest BCUT2D eigenvalue weighted by molar-refractivity contribution is 5.97. The monoisotopic (exact) mass is 402 g/mol. The third kappa shape index (κ3) is 3.38. The van der Waals surface area contributed by atoms with Crippen molar-refractivity contribution in [3.05, 3.63) is 59.8 Å². The second-order valence-electron chi connectivity index (χ2n) is 7.06. The Bertz CT molecular complexity index is 919. The van der Waals surface area contributed by atoms with Crippen LogP contribution in [0.1, 0.15) is 33.8 Å². The summed E-state index contributed by atoms with van der Waals surface area (Å²) in [6, 6.07) is 6.98. The molecule has 3 heterocycles. The van der Waals surface area contributed by atoms with E-state index in [9.17, 15) is 23.9 Å². The van der Waals surface area contributed by atoms with Crippen molar-refractivity contribution in [2.24, 2.45) is 0 Å². The number of benzene rings is 1. The summed E-state index contributed by atoms with van der Waals surface area (Å²) in [5.41, 5.74) is -0.953. The third-order valence-electron chi connectivity index (χ3n) is 5.42. The molecule has 0 saturated carbocycles. The molecule has 0 radical (unpaired) electrons. The van der Waals surface area contributed by atoms with Crippen LogP contribution in [-0.2, 0) is 9.53 Å². The van der Waals surface area contributed by atoms with Gasteiger partial charge in [0.2, 0.25) is 0 Å². The Morgan fingerprint density at radius 1 is 1.07 bits per heavy atom. The molecule has 1 unspecified atom stereocenters. The van der Waals surface area contributed by atoms with E-state index in [0.717, 1.165) is 12.1 Å². The van der Waals surface area contributed by atoms with Crippen LogP contribution in [0.2, 0.25) is 0 Å². The molecule has 8 nitrogen and oxygen atoms in total. The Kier molecular flexibility index (Phi) is 4.83. The van der Waals surface area contributed by atoms with Crippen molar-refractivity contribution >= 4 is 17.8 Å². The Balaban J connectivity index is 1.57. The van der Waals surface area contributed by atoms with E-state index in [1.807, 2.05) is 0 Å². The molecule has 0 bridgehead atoms. The molecule has 1 N–H and O–H groups in total. The van der Waals surface area contributed by atoms with Gasteiger partial charge in [0.25, 0.3) is 11.8 Å². The van der Waals surface area contributed by atoms with E-state index in [-0.39, 0.29) is 49.8 Å². The SMILES string of the molecule is O=C(O)C1COC2(CCN(C(=O)c3ccco3)CC2)N1C(=O)c1ccc(F)cc1. The maximum absolute atomic E-state index is 13.2. The van der Waals surface area contributed by atoms with Gasteiger partial charge in [0.1, 0.15) is 11.5 Å². The van der Waals surface area contributed by atoms with E-state index < -0.39 is 29.5 Å². The number of aliphatic carboxylic acids is 1. The van der Waals surface area contributed by atoms with Gasteiger partial charge in [-0.2, -0.15) is 0 Å². The lowest BCUT2D eigenvalue weighted by molar-refractivity contribution is -0.143. The van der Waals surface area contributed by atoms with Gasteiger partial charge < -0.3 is 19.2 Å². The van der Waals surface area contributed by atoms with Crippen molar-refractivity contribution in [2.45, 2.75) is 24.6 Å². The summed E-state index contributed by atoms with van der Waals surface area (Å²) in [5.74, 6) is -2.26. The molecule has 152 valence electrons. The van der Waals surface area contributed by atoms with Crippen LogP contribution in [0.5, 0.6) is 0 Å². The molecule has 2 saturated heterocycles. The molecule has 1 spiro atoms. The first kappa shape index (κ1) is 19.1. The van der Waals surface area contributed by atoms with Crippen molar-refractivity contribution in [3.8, 4) is 0 Å². The Labute approximate surface area is 165 Å². The smallest absolute Gasteiger partial charge is 0.328 e. The van der Waals surface area contributed by atoms with Crippen molar-refractivity contribution in [1.82, 2.24) is 9.80 Å². The third-order valence-corrected chi connectivity index (χ3v) is 5.42. The van der Waals surface area contributed by atoms with Crippen LogP contribution in [0, 0.1) is 5.82 Å². The number of carbonyl (C=O) groups is 3. The predicted octanol–water partition coefficient (Wildman–Crippen LogP) is 1.98. The van der Waals surface area contributed by atoms with Crippen molar-refractivity contribution in [2.75, 3.05) is 19.7 Å². The van der Waals surface area contributed by atoms with Crippen molar-refractivity contribution < 1.29 is 33.0 Å². The number of carboxylic acids is 1. The fraction of sp³-hybridized carbons (Fsp3) is 0.350. The minimum Gasteiger partial charge on any atom is -0.480 e. The summed E-state index contributed by atoms with van der Waals surface area (Å²) in [6.07, 6.45) is 1.94. The zero-order chi connectivity index (χ0) is 20.6. The maximum atomic E-state index is 13.2. The number of hydrogen-bond acceptors (Lipinski definition) is 5. The van der Waals surface area contributed by atoms with Crippen LogP contribution in [0.25, 0.3) is 0 Å². The topological polar surface area (TPSA) is 100 Å². The number of carboxylic acid groups (broad SMARTS) is 1.